The van der Waals surface area contributed by atoms with Gasteiger partial charge in [0.15, 0.2) is 0 Å². The first-order valence-electron chi connectivity index (χ1n) is 13.2. The van der Waals surface area contributed by atoms with Crippen molar-refractivity contribution in [1.82, 2.24) is 4.90 Å². The first-order valence-corrected chi connectivity index (χ1v) is 13.2. The van der Waals surface area contributed by atoms with Crippen LogP contribution >= 0.6 is 0 Å². The molecule has 1 aliphatic carbocycles. The van der Waals surface area contributed by atoms with Crippen LogP contribution in [0.1, 0.15) is 59.6 Å². The molecule has 1 N–H and O–H groups in total. The van der Waals surface area contributed by atoms with E-state index in [-0.39, 0.29) is 0 Å². The van der Waals surface area contributed by atoms with Gasteiger partial charge in [0.25, 0.3) is 0 Å². The summed E-state index contributed by atoms with van der Waals surface area (Å²) in [7, 11) is 1.70. The molecule has 1 heterocycles. The minimum atomic E-state index is -0.727. The number of nitrogens with zero attached hydrogens (tertiary/aromatic N) is 1. The van der Waals surface area contributed by atoms with Gasteiger partial charge in [0.05, 0.1) is 7.11 Å². The highest BCUT2D eigenvalue weighted by Crippen LogP contribution is 2.44. The normalized spacial score (nSPS) is 17.0. The van der Waals surface area contributed by atoms with Gasteiger partial charge in [0, 0.05) is 6.54 Å². The Morgan fingerprint density at radius 3 is 2.42 bits per heavy atom. The summed E-state index contributed by atoms with van der Waals surface area (Å²) >= 11 is 0. The van der Waals surface area contributed by atoms with Crippen LogP contribution in [0.25, 0.3) is 11.1 Å². The lowest BCUT2D eigenvalue weighted by atomic mass is 9.78. The average Bonchev–Trinajstić information content (AvgIpc) is 2.92. The Kier molecular flexibility index (Phi) is 7.74. The fraction of sp³-hybridized carbons (Fsp3) is 0.375. The zero-order valence-corrected chi connectivity index (χ0v) is 21.5. The van der Waals surface area contributed by atoms with Crippen LogP contribution in [0.2, 0.25) is 0 Å². The molecule has 1 atom stereocenters. The molecule has 0 aromatic heterocycles. The minimum Gasteiger partial charge on any atom is -0.497 e. The summed E-state index contributed by atoms with van der Waals surface area (Å²) in [5.41, 5.74) is 7.81. The summed E-state index contributed by atoms with van der Waals surface area (Å²) in [5, 5.41) is 11.7. The highest BCUT2D eigenvalue weighted by Gasteiger charge is 2.27. The van der Waals surface area contributed by atoms with E-state index in [0.29, 0.717) is 6.61 Å². The molecule has 0 bridgehead atoms. The summed E-state index contributed by atoms with van der Waals surface area (Å²) in [6, 6.07) is 22.8. The predicted octanol–water partition coefficient (Wildman–Crippen LogP) is 6.46. The third-order valence-electron chi connectivity index (χ3n) is 7.53. The van der Waals surface area contributed by atoms with Gasteiger partial charge in [0.1, 0.15) is 24.2 Å². The molecule has 1 fully saturated rings. The maximum Gasteiger partial charge on any atom is 0.119 e. The van der Waals surface area contributed by atoms with E-state index in [1.54, 1.807) is 7.11 Å². The Labute approximate surface area is 215 Å². The Bertz CT molecular complexity index is 1210. The number of ether oxygens (including phenoxy) is 2. The van der Waals surface area contributed by atoms with Gasteiger partial charge >= 0.3 is 0 Å². The maximum atomic E-state index is 11.7. The molecule has 3 aromatic rings. The molecule has 3 aromatic carbocycles. The summed E-state index contributed by atoms with van der Waals surface area (Å²) in [5.74, 6) is 1.71. The zero-order valence-electron chi connectivity index (χ0n) is 21.5. The fourth-order valence-corrected chi connectivity index (χ4v) is 5.56. The molecule has 2 aliphatic rings. The van der Waals surface area contributed by atoms with Gasteiger partial charge in [-0.15, -0.1) is 0 Å². The molecule has 0 amide bonds. The van der Waals surface area contributed by atoms with Crippen molar-refractivity contribution in [2.24, 2.45) is 0 Å². The van der Waals surface area contributed by atoms with Crippen LogP contribution < -0.4 is 9.47 Å². The third kappa shape index (κ3) is 5.50. The first-order chi connectivity index (χ1) is 17.6. The molecule has 5 rings (SSSR count). The van der Waals surface area contributed by atoms with Gasteiger partial charge in [-0.2, -0.15) is 0 Å². The van der Waals surface area contributed by atoms with Gasteiger partial charge < -0.3 is 14.6 Å². The summed E-state index contributed by atoms with van der Waals surface area (Å²) in [4.78, 5) is 2.48. The van der Waals surface area contributed by atoms with Crippen LogP contribution in [-0.4, -0.2) is 43.4 Å². The van der Waals surface area contributed by atoms with Gasteiger partial charge in [-0.25, -0.2) is 0 Å². The van der Waals surface area contributed by atoms with Gasteiger partial charge in [0.2, 0.25) is 0 Å². The smallest absolute Gasteiger partial charge is 0.119 e. The van der Waals surface area contributed by atoms with Crippen molar-refractivity contribution in [1.29, 1.82) is 0 Å². The summed E-state index contributed by atoms with van der Waals surface area (Å²) in [6.45, 7) is 6.14. The van der Waals surface area contributed by atoms with Gasteiger partial charge in [-0.1, -0.05) is 54.4 Å². The van der Waals surface area contributed by atoms with E-state index in [9.17, 15) is 5.11 Å². The fourth-order valence-electron chi connectivity index (χ4n) is 5.56. The van der Waals surface area contributed by atoms with Crippen molar-refractivity contribution < 1.29 is 14.6 Å². The lowest BCUT2D eigenvalue weighted by Crippen LogP contribution is -2.33. The topological polar surface area (TPSA) is 41.9 Å². The molecule has 188 valence electrons. The molecule has 1 unspecified atom stereocenters. The number of rotatable bonds is 8. The van der Waals surface area contributed by atoms with Crippen molar-refractivity contribution in [2.45, 2.75) is 45.1 Å². The molecule has 1 saturated heterocycles. The van der Waals surface area contributed by atoms with Crippen molar-refractivity contribution in [3.05, 3.63) is 94.5 Å². The standard InChI is InChI=1S/C32H37NO3/c1-23-7-6-8-25(21-23)29-15-11-26-22-28(35-2)14-16-30(26)31(29)32(34)24-9-12-27(13-10-24)36-20-19-33-17-4-3-5-18-33/h6-10,12-14,16,21-22,32,34H,3-5,11,15,17-20H2,1-2H3. The molecule has 4 nitrogen and oxygen atoms in total. The van der Waals surface area contributed by atoms with Gasteiger partial charge in [-0.3, -0.25) is 4.90 Å². The zero-order chi connectivity index (χ0) is 24.9. The number of aliphatic hydroxyl groups excluding tert-OH is 1. The Morgan fingerprint density at radius 1 is 0.889 bits per heavy atom. The van der Waals surface area contributed by atoms with Crippen LogP contribution in [0, 0.1) is 6.92 Å². The molecule has 4 heteroatoms. The minimum absolute atomic E-state index is 0.694. The van der Waals surface area contributed by atoms with Crippen LogP contribution in [0.15, 0.2) is 66.7 Å². The predicted molar refractivity (Wildman–Crippen MR) is 146 cm³/mol. The molecule has 1 aliphatic heterocycles. The second kappa shape index (κ2) is 11.3. The highest BCUT2D eigenvalue weighted by atomic mass is 16.5. The number of allylic oxidation sites excluding steroid dienone is 1. The number of hydrogen-bond acceptors (Lipinski definition) is 4. The monoisotopic (exact) mass is 483 g/mol. The average molecular weight is 484 g/mol. The van der Waals surface area contributed by atoms with E-state index in [4.69, 9.17) is 9.47 Å². The molecule has 36 heavy (non-hydrogen) atoms. The quantitative estimate of drug-likeness (QED) is 0.399. The molecule has 0 radical (unpaired) electrons. The van der Waals surface area contributed by atoms with E-state index in [0.717, 1.165) is 47.6 Å². The van der Waals surface area contributed by atoms with Crippen LogP contribution in [0.3, 0.4) is 0 Å². The number of piperidine rings is 1. The van der Waals surface area contributed by atoms with E-state index < -0.39 is 6.10 Å². The second-order valence-electron chi connectivity index (χ2n) is 10.0. The summed E-state index contributed by atoms with van der Waals surface area (Å²) in [6.07, 6.45) is 5.02. The lowest BCUT2D eigenvalue weighted by molar-refractivity contribution is 0.183. The lowest BCUT2D eigenvalue weighted by Gasteiger charge is -2.28. The van der Waals surface area contributed by atoms with Crippen molar-refractivity contribution in [2.75, 3.05) is 33.4 Å². The van der Waals surface area contributed by atoms with Crippen LogP contribution in [-0.2, 0) is 6.42 Å². The Morgan fingerprint density at radius 2 is 1.67 bits per heavy atom. The first kappa shape index (κ1) is 24.6. The van der Waals surface area contributed by atoms with E-state index in [1.165, 1.54) is 54.6 Å². The molecule has 0 spiro atoms. The Hall–Kier alpha value is -3.08. The third-order valence-corrected chi connectivity index (χ3v) is 7.53. The van der Waals surface area contributed by atoms with E-state index in [2.05, 4.69) is 48.2 Å². The Balaban J connectivity index is 1.40. The highest BCUT2D eigenvalue weighted by molar-refractivity contribution is 5.95. The number of benzene rings is 3. The number of fused-ring (bicyclic) bond motifs is 1. The van der Waals surface area contributed by atoms with Crippen molar-refractivity contribution >= 4 is 11.1 Å². The number of methoxy groups -OCH3 is 1. The molecular weight excluding hydrogens is 446 g/mol. The van der Waals surface area contributed by atoms with Crippen LogP contribution in [0.5, 0.6) is 11.5 Å². The van der Waals surface area contributed by atoms with Gasteiger partial charge in [-0.05, 0) is 103 Å². The second-order valence-corrected chi connectivity index (χ2v) is 10.0. The molecule has 0 saturated carbocycles. The summed E-state index contributed by atoms with van der Waals surface area (Å²) < 4.78 is 11.5. The molecular formula is C32H37NO3. The van der Waals surface area contributed by atoms with Crippen molar-refractivity contribution in [3.63, 3.8) is 0 Å². The van der Waals surface area contributed by atoms with Crippen molar-refractivity contribution in [3.8, 4) is 11.5 Å². The SMILES string of the molecule is COc1ccc2c(c1)CCC(c1cccc(C)c1)=C2C(O)c1ccc(OCCN2CCCCC2)cc1. The number of aliphatic hydroxyl groups is 1. The number of likely N-dealkylation sites (tertiary alicyclic amines) is 1. The number of hydrogen-bond donors (Lipinski definition) is 1. The maximum absolute atomic E-state index is 11.7. The number of aryl methyl sites for hydroxylation is 2. The van der Waals surface area contributed by atoms with Crippen LogP contribution in [0.4, 0.5) is 0 Å². The van der Waals surface area contributed by atoms with E-state index >= 15 is 0 Å². The van der Waals surface area contributed by atoms with E-state index in [1.807, 2.05) is 30.3 Å². The largest absolute Gasteiger partial charge is 0.497 e.